The van der Waals surface area contributed by atoms with Gasteiger partial charge in [-0.1, -0.05) is 18.2 Å². The van der Waals surface area contributed by atoms with Crippen molar-refractivity contribution >= 4 is 29.9 Å². The average molecular weight is 462 g/mol. The van der Waals surface area contributed by atoms with Crippen molar-refractivity contribution in [1.29, 1.82) is 0 Å². The molecular weight excluding hydrogens is 431 g/mol. The molecule has 0 aromatic heterocycles. The van der Waals surface area contributed by atoms with Crippen molar-refractivity contribution in [3.63, 3.8) is 0 Å². The molecule has 0 saturated carbocycles. The molecule has 2 N–H and O–H groups in total. The molecule has 142 valence electrons. The van der Waals surface area contributed by atoms with Gasteiger partial charge in [0.15, 0.2) is 5.96 Å². The van der Waals surface area contributed by atoms with E-state index in [1.165, 1.54) is 11.1 Å². The molecule has 0 spiro atoms. The number of guanidine groups is 1. The van der Waals surface area contributed by atoms with E-state index in [4.69, 9.17) is 9.47 Å². The van der Waals surface area contributed by atoms with Crippen molar-refractivity contribution in [2.75, 3.05) is 59.6 Å². The van der Waals surface area contributed by atoms with Gasteiger partial charge in [-0.15, -0.1) is 24.0 Å². The Bertz CT molecular complexity index is 514. The Balaban J connectivity index is 0.00000312. The van der Waals surface area contributed by atoms with Gasteiger partial charge in [0.25, 0.3) is 0 Å². The highest BCUT2D eigenvalue weighted by Gasteiger charge is 2.09. The third kappa shape index (κ3) is 7.79. The average Bonchev–Trinajstić information content (AvgIpc) is 2.60. The van der Waals surface area contributed by atoms with Crippen molar-refractivity contribution in [3.8, 4) is 5.75 Å². The molecule has 6 nitrogen and oxygen atoms in total. The molecule has 0 bridgehead atoms. The van der Waals surface area contributed by atoms with Crippen LogP contribution in [0.15, 0.2) is 23.2 Å². The Morgan fingerprint density at radius 3 is 2.44 bits per heavy atom. The number of morpholine rings is 1. The Morgan fingerprint density at radius 1 is 1.16 bits per heavy atom. The fraction of sp³-hybridized carbons (Fsp3) is 0.611. The maximum Gasteiger partial charge on any atom is 0.191 e. The molecule has 1 fully saturated rings. The number of aliphatic imine (C=N–C) groups is 1. The molecule has 1 aromatic rings. The third-order valence-electron chi connectivity index (χ3n) is 4.10. The van der Waals surface area contributed by atoms with Gasteiger partial charge in [0, 0.05) is 33.2 Å². The van der Waals surface area contributed by atoms with Crippen LogP contribution in [0.1, 0.15) is 11.1 Å². The fourth-order valence-electron chi connectivity index (χ4n) is 2.73. The predicted octanol–water partition coefficient (Wildman–Crippen LogP) is 1.80. The summed E-state index contributed by atoms with van der Waals surface area (Å²) in [6, 6.07) is 6.19. The summed E-state index contributed by atoms with van der Waals surface area (Å²) in [6.07, 6.45) is 0. The monoisotopic (exact) mass is 462 g/mol. The molecule has 1 aliphatic rings. The number of para-hydroxylation sites is 1. The van der Waals surface area contributed by atoms with E-state index in [1.807, 2.05) is 0 Å². The van der Waals surface area contributed by atoms with Gasteiger partial charge in [-0.3, -0.25) is 9.89 Å². The Kier molecular flexibility index (Phi) is 10.8. The summed E-state index contributed by atoms with van der Waals surface area (Å²) >= 11 is 0. The van der Waals surface area contributed by atoms with Gasteiger partial charge in [-0.2, -0.15) is 0 Å². The molecule has 1 aromatic carbocycles. The Morgan fingerprint density at radius 2 is 1.80 bits per heavy atom. The highest BCUT2D eigenvalue weighted by Crippen LogP contribution is 2.21. The van der Waals surface area contributed by atoms with Crippen LogP contribution in [0.4, 0.5) is 0 Å². The van der Waals surface area contributed by atoms with Gasteiger partial charge in [-0.05, 0) is 25.0 Å². The summed E-state index contributed by atoms with van der Waals surface area (Å²) < 4.78 is 11.2. The molecule has 0 aliphatic carbocycles. The zero-order valence-electron chi connectivity index (χ0n) is 15.5. The van der Waals surface area contributed by atoms with E-state index in [2.05, 4.69) is 52.6 Å². The van der Waals surface area contributed by atoms with Gasteiger partial charge in [-0.25, -0.2) is 0 Å². The number of aryl methyl sites for hydroxylation is 2. The van der Waals surface area contributed by atoms with Gasteiger partial charge < -0.3 is 20.1 Å². The van der Waals surface area contributed by atoms with E-state index in [9.17, 15) is 0 Å². The number of hydrogen-bond donors (Lipinski definition) is 2. The number of hydrogen-bond acceptors (Lipinski definition) is 4. The maximum atomic E-state index is 5.89. The molecule has 0 unspecified atom stereocenters. The topological polar surface area (TPSA) is 58.1 Å². The quantitative estimate of drug-likeness (QED) is 0.280. The highest BCUT2D eigenvalue weighted by atomic mass is 127. The van der Waals surface area contributed by atoms with E-state index in [0.29, 0.717) is 13.2 Å². The van der Waals surface area contributed by atoms with Crippen LogP contribution in [-0.4, -0.2) is 70.5 Å². The minimum atomic E-state index is 0. The van der Waals surface area contributed by atoms with Gasteiger partial charge in [0.05, 0.1) is 19.8 Å². The molecule has 1 saturated heterocycles. The second-order valence-corrected chi connectivity index (χ2v) is 5.95. The summed E-state index contributed by atoms with van der Waals surface area (Å²) in [6.45, 7) is 11.0. The van der Waals surface area contributed by atoms with Crippen LogP contribution in [0, 0.1) is 13.8 Å². The van der Waals surface area contributed by atoms with Crippen LogP contribution in [0.25, 0.3) is 0 Å². The van der Waals surface area contributed by atoms with E-state index in [-0.39, 0.29) is 24.0 Å². The molecule has 2 rings (SSSR count). The first-order valence-corrected chi connectivity index (χ1v) is 8.64. The third-order valence-corrected chi connectivity index (χ3v) is 4.10. The SMILES string of the molecule is CN=C(NCCOc1c(C)cccc1C)NCCN1CCOCC1.I. The first-order valence-electron chi connectivity index (χ1n) is 8.64. The van der Waals surface area contributed by atoms with E-state index < -0.39 is 0 Å². The summed E-state index contributed by atoms with van der Waals surface area (Å²) in [5, 5.41) is 6.63. The zero-order chi connectivity index (χ0) is 17.2. The minimum Gasteiger partial charge on any atom is -0.491 e. The van der Waals surface area contributed by atoms with E-state index in [0.717, 1.165) is 51.1 Å². The summed E-state index contributed by atoms with van der Waals surface area (Å²) in [7, 11) is 1.79. The normalized spacial score (nSPS) is 15.4. The van der Waals surface area contributed by atoms with E-state index in [1.54, 1.807) is 7.05 Å². The number of nitrogens with zero attached hydrogens (tertiary/aromatic N) is 2. The van der Waals surface area contributed by atoms with Crippen LogP contribution in [0.3, 0.4) is 0 Å². The van der Waals surface area contributed by atoms with Crippen molar-refractivity contribution in [3.05, 3.63) is 29.3 Å². The molecular formula is C18H31IN4O2. The number of rotatable bonds is 7. The first kappa shape index (κ1) is 22.0. The van der Waals surface area contributed by atoms with Crippen molar-refractivity contribution < 1.29 is 9.47 Å². The van der Waals surface area contributed by atoms with Gasteiger partial charge in [0.1, 0.15) is 12.4 Å². The molecule has 0 atom stereocenters. The fourth-order valence-corrected chi connectivity index (χ4v) is 2.73. The van der Waals surface area contributed by atoms with Crippen LogP contribution < -0.4 is 15.4 Å². The molecule has 0 radical (unpaired) electrons. The van der Waals surface area contributed by atoms with Crippen LogP contribution in [-0.2, 0) is 4.74 Å². The number of ether oxygens (including phenoxy) is 2. The van der Waals surface area contributed by atoms with E-state index >= 15 is 0 Å². The lowest BCUT2D eigenvalue weighted by molar-refractivity contribution is 0.0389. The lowest BCUT2D eigenvalue weighted by atomic mass is 10.1. The molecule has 1 heterocycles. The first-order chi connectivity index (χ1) is 11.7. The highest BCUT2D eigenvalue weighted by molar-refractivity contribution is 14.0. The number of nitrogens with one attached hydrogen (secondary N) is 2. The second-order valence-electron chi connectivity index (χ2n) is 5.95. The number of benzene rings is 1. The summed E-state index contributed by atoms with van der Waals surface area (Å²) in [5.41, 5.74) is 2.34. The molecule has 1 aliphatic heterocycles. The molecule has 0 amide bonds. The minimum absolute atomic E-state index is 0. The van der Waals surface area contributed by atoms with Crippen LogP contribution in [0.2, 0.25) is 0 Å². The van der Waals surface area contributed by atoms with Gasteiger partial charge >= 0.3 is 0 Å². The maximum absolute atomic E-state index is 5.89. The van der Waals surface area contributed by atoms with Crippen LogP contribution in [0.5, 0.6) is 5.75 Å². The Labute approximate surface area is 168 Å². The van der Waals surface area contributed by atoms with Crippen molar-refractivity contribution in [2.45, 2.75) is 13.8 Å². The number of halogens is 1. The lowest BCUT2D eigenvalue weighted by Gasteiger charge is -2.26. The Hall–Kier alpha value is -1.06. The smallest absolute Gasteiger partial charge is 0.191 e. The zero-order valence-corrected chi connectivity index (χ0v) is 17.8. The standard InChI is InChI=1S/C18H30N4O2.HI/c1-15-5-4-6-16(2)17(15)24-12-8-21-18(19-3)20-7-9-22-10-13-23-14-11-22;/h4-6H,7-14H2,1-3H3,(H2,19,20,21);1H. The predicted molar refractivity (Wildman–Crippen MR) is 113 cm³/mol. The van der Waals surface area contributed by atoms with Crippen LogP contribution >= 0.6 is 24.0 Å². The summed E-state index contributed by atoms with van der Waals surface area (Å²) in [4.78, 5) is 6.64. The largest absolute Gasteiger partial charge is 0.491 e. The summed E-state index contributed by atoms with van der Waals surface area (Å²) in [5.74, 6) is 1.79. The molecule has 25 heavy (non-hydrogen) atoms. The molecule has 7 heteroatoms. The lowest BCUT2D eigenvalue weighted by Crippen LogP contribution is -2.45. The van der Waals surface area contributed by atoms with Crippen molar-refractivity contribution in [1.82, 2.24) is 15.5 Å². The van der Waals surface area contributed by atoms with Gasteiger partial charge in [0.2, 0.25) is 0 Å². The second kappa shape index (κ2) is 12.3. The van der Waals surface area contributed by atoms with Crippen molar-refractivity contribution in [2.24, 2.45) is 4.99 Å².